The van der Waals surface area contributed by atoms with E-state index in [4.69, 9.17) is 4.74 Å². The lowest BCUT2D eigenvalue weighted by Gasteiger charge is -2.10. The van der Waals surface area contributed by atoms with E-state index in [2.05, 4.69) is 35.2 Å². The number of nitrogens with zero attached hydrogens (tertiary/aromatic N) is 2. The molecule has 0 atom stereocenters. The highest BCUT2D eigenvalue weighted by Crippen LogP contribution is 2.24. The topological polar surface area (TPSA) is 47.0 Å². The molecule has 112 valence electrons. The van der Waals surface area contributed by atoms with Crippen molar-refractivity contribution in [1.29, 1.82) is 0 Å². The lowest BCUT2D eigenvalue weighted by molar-refractivity contribution is 0.451. The molecule has 1 aromatic carbocycles. The van der Waals surface area contributed by atoms with Gasteiger partial charge in [0.25, 0.3) is 0 Å². The Morgan fingerprint density at radius 2 is 2.00 bits per heavy atom. The van der Waals surface area contributed by atoms with Gasteiger partial charge in [0.1, 0.15) is 5.75 Å². The van der Waals surface area contributed by atoms with Crippen LogP contribution in [0.25, 0.3) is 0 Å². The zero-order valence-corrected chi connectivity index (χ0v) is 13.2. The van der Waals surface area contributed by atoms with Crippen LogP contribution in [0, 0.1) is 19.8 Å². The lowest BCUT2D eigenvalue weighted by atomic mass is 10.1. The third-order valence-corrected chi connectivity index (χ3v) is 3.08. The van der Waals surface area contributed by atoms with E-state index >= 15 is 0 Å². The molecule has 0 aliphatic rings. The molecule has 0 saturated carbocycles. The van der Waals surface area contributed by atoms with Crippen LogP contribution in [0.3, 0.4) is 0 Å². The molecule has 2 rings (SSSR count). The standard InChI is InChI=1S/C17H23N3O/c1-12(2)8-18-9-15-10-19-11-17(20-15)21-16-7-13(3)5-6-14(16)4/h5-7,10-12,18H,8-9H2,1-4H3. The summed E-state index contributed by atoms with van der Waals surface area (Å²) in [5, 5.41) is 3.35. The van der Waals surface area contributed by atoms with E-state index in [0.717, 1.165) is 23.6 Å². The minimum absolute atomic E-state index is 0.535. The van der Waals surface area contributed by atoms with E-state index in [-0.39, 0.29) is 0 Å². The molecular weight excluding hydrogens is 262 g/mol. The van der Waals surface area contributed by atoms with Gasteiger partial charge >= 0.3 is 0 Å². The van der Waals surface area contributed by atoms with Crippen LogP contribution in [0.1, 0.15) is 30.7 Å². The van der Waals surface area contributed by atoms with E-state index in [1.807, 2.05) is 26.0 Å². The molecule has 0 unspecified atom stereocenters. The Kier molecular flexibility index (Phi) is 5.28. The summed E-state index contributed by atoms with van der Waals surface area (Å²) in [5.41, 5.74) is 3.14. The van der Waals surface area contributed by atoms with Crippen molar-refractivity contribution in [2.75, 3.05) is 6.54 Å². The zero-order valence-electron chi connectivity index (χ0n) is 13.2. The molecule has 4 nitrogen and oxygen atoms in total. The molecule has 0 aliphatic heterocycles. The third kappa shape index (κ3) is 4.83. The van der Waals surface area contributed by atoms with Gasteiger partial charge in [-0.2, -0.15) is 0 Å². The van der Waals surface area contributed by atoms with E-state index in [1.165, 1.54) is 5.56 Å². The van der Waals surface area contributed by atoms with E-state index < -0.39 is 0 Å². The van der Waals surface area contributed by atoms with Gasteiger partial charge in [-0.1, -0.05) is 26.0 Å². The first kappa shape index (κ1) is 15.4. The van der Waals surface area contributed by atoms with Gasteiger partial charge in [-0.15, -0.1) is 0 Å². The molecule has 0 amide bonds. The van der Waals surface area contributed by atoms with Crippen molar-refractivity contribution in [2.24, 2.45) is 5.92 Å². The molecule has 1 heterocycles. The Bertz CT molecular complexity index is 596. The largest absolute Gasteiger partial charge is 0.437 e. The molecule has 0 fully saturated rings. The van der Waals surface area contributed by atoms with Gasteiger partial charge in [-0.3, -0.25) is 4.98 Å². The normalized spacial score (nSPS) is 10.9. The Morgan fingerprint density at radius 1 is 1.19 bits per heavy atom. The van der Waals surface area contributed by atoms with Gasteiger partial charge in [0.2, 0.25) is 5.88 Å². The van der Waals surface area contributed by atoms with Crippen LogP contribution in [0.4, 0.5) is 0 Å². The summed E-state index contributed by atoms with van der Waals surface area (Å²) in [7, 11) is 0. The van der Waals surface area contributed by atoms with Crippen molar-refractivity contribution in [3.8, 4) is 11.6 Å². The maximum absolute atomic E-state index is 5.86. The highest BCUT2D eigenvalue weighted by molar-refractivity contribution is 5.38. The fraction of sp³-hybridized carbons (Fsp3) is 0.412. The van der Waals surface area contributed by atoms with Crippen LogP contribution in [0.15, 0.2) is 30.6 Å². The summed E-state index contributed by atoms with van der Waals surface area (Å²) in [5.74, 6) is 1.98. The maximum atomic E-state index is 5.86. The quantitative estimate of drug-likeness (QED) is 0.880. The minimum Gasteiger partial charge on any atom is -0.437 e. The fourth-order valence-corrected chi connectivity index (χ4v) is 1.94. The van der Waals surface area contributed by atoms with E-state index in [0.29, 0.717) is 18.3 Å². The maximum Gasteiger partial charge on any atom is 0.238 e. The Labute approximate surface area is 126 Å². The number of nitrogens with one attached hydrogen (secondary N) is 1. The van der Waals surface area contributed by atoms with Crippen LogP contribution in [0.5, 0.6) is 11.6 Å². The first-order valence-corrected chi connectivity index (χ1v) is 7.31. The second-order valence-electron chi connectivity index (χ2n) is 5.74. The number of benzene rings is 1. The van der Waals surface area contributed by atoms with Gasteiger partial charge in [0.05, 0.1) is 11.9 Å². The highest BCUT2D eigenvalue weighted by atomic mass is 16.5. The number of hydrogen-bond acceptors (Lipinski definition) is 4. The van der Waals surface area contributed by atoms with Crippen LogP contribution in [0.2, 0.25) is 0 Å². The van der Waals surface area contributed by atoms with Crippen LogP contribution < -0.4 is 10.1 Å². The SMILES string of the molecule is Cc1ccc(C)c(Oc2cncc(CNCC(C)C)n2)c1. The van der Waals surface area contributed by atoms with Crippen molar-refractivity contribution >= 4 is 0 Å². The molecule has 0 radical (unpaired) electrons. The molecule has 1 aromatic heterocycles. The van der Waals surface area contributed by atoms with Crippen LogP contribution in [-0.4, -0.2) is 16.5 Å². The number of hydrogen-bond donors (Lipinski definition) is 1. The predicted octanol–water partition coefficient (Wildman–Crippen LogP) is 3.63. The highest BCUT2D eigenvalue weighted by Gasteiger charge is 2.05. The Balaban J connectivity index is 2.05. The molecule has 21 heavy (non-hydrogen) atoms. The molecule has 1 N–H and O–H groups in total. The van der Waals surface area contributed by atoms with Crippen molar-refractivity contribution in [3.05, 3.63) is 47.4 Å². The van der Waals surface area contributed by atoms with Gasteiger partial charge in [0, 0.05) is 12.7 Å². The molecule has 0 aliphatic carbocycles. The summed E-state index contributed by atoms with van der Waals surface area (Å²) in [6.07, 6.45) is 3.41. The van der Waals surface area contributed by atoms with Gasteiger partial charge in [-0.25, -0.2) is 4.98 Å². The van der Waals surface area contributed by atoms with Gasteiger partial charge < -0.3 is 10.1 Å². The molecule has 0 spiro atoms. The molecule has 0 saturated heterocycles. The summed E-state index contributed by atoms with van der Waals surface area (Å²) >= 11 is 0. The first-order valence-electron chi connectivity index (χ1n) is 7.31. The second-order valence-corrected chi connectivity index (χ2v) is 5.74. The van der Waals surface area contributed by atoms with Crippen molar-refractivity contribution in [1.82, 2.24) is 15.3 Å². The summed E-state index contributed by atoms with van der Waals surface area (Å²) in [6.45, 7) is 10.1. The first-order chi connectivity index (χ1) is 10.0. The predicted molar refractivity (Wildman–Crippen MR) is 84.6 cm³/mol. The molecule has 4 heteroatoms. The summed E-state index contributed by atoms with van der Waals surface area (Å²) in [4.78, 5) is 8.69. The monoisotopic (exact) mass is 285 g/mol. The van der Waals surface area contributed by atoms with Gasteiger partial charge in [0.15, 0.2) is 0 Å². The average Bonchev–Trinajstić information content (AvgIpc) is 2.43. The van der Waals surface area contributed by atoms with Crippen LogP contribution >= 0.6 is 0 Å². The molecule has 0 bridgehead atoms. The molecular formula is C17H23N3O. The summed E-state index contributed by atoms with van der Waals surface area (Å²) < 4.78 is 5.86. The fourth-order valence-electron chi connectivity index (χ4n) is 1.94. The molecule has 2 aromatic rings. The Morgan fingerprint density at radius 3 is 2.76 bits per heavy atom. The van der Waals surface area contributed by atoms with E-state index in [1.54, 1.807) is 12.4 Å². The average molecular weight is 285 g/mol. The van der Waals surface area contributed by atoms with Crippen LogP contribution in [-0.2, 0) is 6.54 Å². The lowest BCUT2D eigenvalue weighted by Crippen LogP contribution is -2.19. The number of rotatable bonds is 6. The van der Waals surface area contributed by atoms with Gasteiger partial charge in [-0.05, 0) is 43.5 Å². The van der Waals surface area contributed by atoms with Crippen molar-refractivity contribution in [3.63, 3.8) is 0 Å². The minimum atomic E-state index is 0.535. The van der Waals surface area contributed by atoms with Crippen molar-refractivity contribution in [2.45, 2.75) is 34.2 Å². The third-order valence-electron chi connectivity index (χ3n) is 3.08. The Hall–Kier alpha value is -1.94. The van der Waals surface area contributed by atoms with E-state index in [9.17, 15) is 0 Å². The number of aromatic nitrogens is 2. The summed E-state index contributed by atoms with van der Waals surface area (Å²) in [6, 6.07) is 6.13. The zero-order chi connectivity index (χ0) is 15.2. The second kappa shape index (κ2) is 7.18. The number of aryl methyl sites for hydroxylation is 2. The smallest absolute Gasteiger partial charge is 0.238 e. The van der Waals surface area contributed by atoms with Crippen molar-refractivity contribution < 1.29 is 4.74 Å². The number of ether oxygens (including phenoxy) is 1.